The lowest BCUT2D eigenvalue weighted by Gasteiger charge is -2.18. The van der Waals surface area contributed by atoms with Crippen LogP contribution in [0.5, 0.6) is 0 Å². The average molecular weight is 424 g/mol. The van der Waals surface area contributed by atoms with Crippen molar-refractivity contribution in [3.63, 3.8) is 0 Å². The molecule has 0 saturated carbocycles. The minimum atomic E-state index is -3.78. The number of benzene rings is 2. The van der Waals surface area contributed by atoms with Crippen molar-refractivity contribution in [2.24, 2.45) is 0 Å². The molecule has 0 bridgehead atoms. The van der Waals surface area contributed by atoms with Gasteiger partial charge < -0.3 is 9.73 Å². The predicted molar refractivity (Wildman–Crippen MR) is 118 cm³/mol. The first-order valence-electron chi connectivity index (χ1n) is 9.64. The van der Waals surface area contributed by atoms with Gasteiger partial charge in [0.05, 0.1) is 11.2 Å². The van der Waals surface area contributed by atoms with Crippen molar-refractivity contribution in [2.45, 2.75) is 30.9 Å². The lowest BCUT2D eigenvalue weighted by molar-refractivity contribution is -0.116. The summed E-state index contributed by atoms with van der Waals surface area (Å²) in [7, 11) is -3.78. The highest BCUT2D eigenvalue weighted by Gasteiger charge is 2.32. The van der Waals surface area contributed by atoms with E-state index < -0.39 is 15.1 Å². The molecule has 0 radical (unpaired) electrons. The van der Waals surface area contributed by atoms with E-state index in [1.807, 2.05) is 44.2 Å². The standard InChI is InChI=1S/C24H25NO4S/c1-17-7-10-20(11-8-17)12-13-24(26)25-16-23(21-5-4-14-29-21)30(27,28)22-15-18(2)6-9-19(22)3/h4-15,23H,16H2,1-3H3,(H,25,26)/b13-12+/t23-/m0/s1. The summed E-state index contributed by atoms with van der Waals surface area (Å²) in [5, 5.41) is 1.67. The fraction of sp³-hybridized carbons (Fsp3) is 0.208. The SMILES string of the molecule is Cc1ccc(/C=C/C(=O)NC[C@@H](c2ccco2)S(=O)(=O)c2cc(C)ccc2C)cc1. The molecule has 3 aromatic rings. The van der Waals surface area contributed by atoms with E-state index >= 15 is 0 Å². The van der Waals surface area contributed by atoms with Gasteiger partial charge in [-0.2, -0.15) is 0 Å². The molecule has 156 valence electrons. The fourth-order valence-corrected chi connectivity index (χ4v) is 5.02. The van der Waals surface area contributed by atoms with Crippen LogP contribution in [-0.2, 0) is 14.6 Å². The Bertz CT molecular complexity index is 1140. The van der Waals surface area contributed by atoms with Gasteiger partial charge in [0, 0.05) is 12.6 Å². The highest BCUT2D eigenvalue weighted by molar-refractivity contribution is 7.91. The van der Waals surface area contributed by atoms with Crippen LogP contribution in [0.4, 0.5) is 0 Å². The number of hydrogen-bond donors (Lipinski definition) is 1. The molecule has 0 fully saturated rings. The van der Waals surface area contributed by atoms with Gasteiger partial charge in [0.2, 0.25) is 5.91 Å². The maximum atomic E-state index is 13.4. The molecule has 0 aliphatic rings. The van der Waals surface area contributed by atoms with E-state index in [2.05, 4.69) is 5.32 Å². The van der Waals surface area contributed by atoms with E-state index in [-0.39, 0.29) is 17.3 Å². The number of furan rings is 1. The monoisotopic (exact) mass is 423 g/mol. The summed E-state index contributed by atoms with van der Waals surface area (Å²) < 4.78 is 32.2. The third-order valence-electron chi connectivity index (χ3n) is 4.85. The molecule has 1 aromatic heterocycles. The molecule has 1 amide bonds. The molecule has 1 atom stereocenters. The largest absolute Gasteiger partial charge is 0.468 e. The molecule has 0 aliphatic carbocycles. The molecule has 6 heteroatoms. The number of carbonyl (C=O) groups excluding carboxylic acids is 1. The van der Waals surface area contributed by atoms with Crippen LogP contribution in [-0.4, -0.2) is 20.9 Å². The minimum Gasteiger partial charge on any atom is -0.468 e. The summed E-state index contributed by atoms with van der Waals surface area (Å²) in [5.41, 5.74) is 3.53. The molecule has 5 nitrogen and oxygen atoms in total. The number of carbonyl (C=O) groups is 1. The Hall–Kier alpha value is -3.12. The molecule has 0 saturated heterocycles. The Morgan fingerprint density at radius 1 is 1.03 bits per heavy atom. The smallest absolute Gasteiger partial charge is 0.244 e. The molecule has 0 aliphatic heterocycles. The van der Waals surface area contributed by atoms with Crippen molar-refractivity contribution in [3.05, 3.63) is 95.0 Å². The maximum Gasteiger partial charge on any atom is 0.244 e. The van der Waals surface area contributed by atoms with Crippen molar-refractivity contribution < 1.29 is 17.6 Å². The summed E-state index contributed by atoms with van der Waals surface area (Å²) in [5.74, 6) is -0.0815. The number of hydrogen-bond acceptors (Lipinski definition) is 4. The van der Waals surface area contributed by atoms with Gasteiger partial charge in [0.15, 0.2) is 9.84 Å². The van der Waals surface area contributed by atoms with Crippen LogP contribution >= 0.6 is 0 Å². The zero-order valence-electron chi connectivity index (χ0n) is 17.3. The molecule has 1 heterocycles. The van der Waals surface area contributed by atoms with Crippen LogP contribution in [0.3, 0.4) is 0 Å². The lowest BCUT2D eigenvalue weighted by Crippen LogP contribution is -2.31. The molecular weight excluding hydrogens is 398 g/mol. The van der Waals surface area contributed by atoms with Crippen molar-refractivity contribution in [2.75, 3.05) is 6.54 Å². The van der Waals surface area contributed by atoms with E-state index in [1.165, 1.54) is 12.3 Å². The van der Waals surface area contributed by atoms with Gasteiger partial charge in [-0.05, 0) is 61.7 Å². The van der Waals surface area contributed by atoms with Crippen LogP contribution < -0.4 is 5.32 Å². The second kappa shape index (κ2) is 9.13. The van der Waals surface area contributed by atoms with Crippen LogP contribution in [0.15, 0.2) is 76.2 Å². The number of aryl methyl sites for hydroxylation is 3. The summed E-state index contributed by atoms with van der Waals surface area (Å²) in [6.07, 6.45) is 4.52. The van der Waals surface area contributed by atoms with Crippen LogP contribution in [0.25, 0.3) is 6.08 Å². The first-order chi connectivity index (χ1) is 14.3. The zero-order chi connectivity index (χ0) is 21.7. The van der Waals surface area contributed by atoms with Crippen molar-refractivity contribution in [3.8, 4) is 0 Å². The molecule has 2 aromatic carbocycles. The highest BCUT2D eigenvalue weighted by Crippen LogP contribution is 2.31. The van der Waals surface area contributed by atoms with E-state index in [4.69, 9.17) is 4.42 Å². The van der Waals surface area contributed by atoms with Crippen molar-refractivity contribution >= 4 is 21.8 Å². The summed E-state index contributed by atoms with van der Waals surface area (Å²) >= 11 is 0. The first-order valence-corrected chi connectivity index (χ1v) is 11.2. The Labute approximate surface area is 177 Å². The van der Waals surface area contributed by atoms with Gasteiger partial charge in [-0.25, -0.2) is 8.42 Å². The van der Waals surface area contributed by atoms with E-state index in [0.717, 1.165) is 16.7 Å². The molecular formula is C24H25NO4S. The third-order valence-corrected chi connectivity index (χ3v) is 7.05. The second-order valence-corrected chi connectivity index (χ2v) is 9.41. The van der Waals surface area contributed by atoms with E-state index in [1.54, 1.807) is 37.3 Å². The Morgan fingerprint density at radius 2 is 1.73 bits per heavy atom. The van der Waals surface area contributed by atoms with Crippen LogP contribution in [0.1, 0.15) is 33.3 Å². The molecule has 0 unspecified atom stereocenters. The molecule has 30 heavy (non-hydrogen) atoms. The number of nitrogens with one attached hydrogen (secondary N) is 1. The quantitative estimate of drug-likeness (QED) is 0.566. The first kappa shape index (κ1) is 21.6. The van der Waals surface area contributed by atoms with Gasteiger partial charge in [-0.1, -0.05) is 42.0 Å². The van der Waals surface area contributed by atoms with Gasteiger partial charge >= 0.3 is 0 Å². The second-order valence-electron chi connectivity index (χ2n) is 7.31. The van der Waals surface area contributed by atoms with Gasteiger partial charge in [0.25, 0.3) is 0 Å². The fourth-order valence-electron chi connectivity index (χ4n) is 3.11. The van der Waals surface area contributed by atoms with Crippen LogP contribution in [0, 0.1) is 20.8 Å². The summed E-state index contributed by atoms with van der Waals surface area (Å²) in [6, 6.07) is 16.3. The van der Waals surface area contributed by atoms with Crippen molar-refractivity contribution in [1.29, 1.82) is 0 Å². The highest BCUT2D eigenvalue weighted by atomic mass is 32.2. The molecule has 1 N–H and O–H groups in total. The molecule has 3 rings (SSSR count). The van der Waals surface area contributed by atoms with E-state index in [9.17, 15) is 13.2 Å². The normalized spacial score (nSPS) is 12.8. The zero-order valence-corrected chi connectivity index (χ0v) is 18.1. The third kappa shape index (κ3) is 5.07. The minimum absolute atomic E-state index is 0.0969. The maximum absolute atomic E-state index is 13.4. The topological polar surface area (TPSA) is 76.4 Å². The number of rotatable bonds is 7. The van der Waals surface area contributed by atoms with Gasteiger partial charge in [-0.3, -0.25) is 4.79 Å². The lowest BCUT2D eigenvalue weighted by atomic mass is 10.1. The number of amides is 1. The number of sulfone groups is 1. The van der Waals surface area contributed by atoms with Gasteiger partial charge in [-0.15, -0.1) is 0 Å². The Kier molecular flexibility index (Phi) is 6.57. The summed E-state index contributed by atoms with van der Waals surface area (Å²) in [6.45, 7) is 5.50. The van der Waals surface area contributed by atoms with Crippen molar-refractivity contribution in [1.82, 2.24) is 5.32 Å². The average Bonchev–Trinajstić information content (AvgIpc) is 3.23. The Balaban J connectivity index is 1.80. The Morgan fingerprint density at radius 3 is 2.40 bits per heavy atom. The van der Waals surface area contributed by atoms with Gasteiger partial charge in [0.1, 0.15) is 11.0 Å². The summed E-state index contributed by atoms with van der Waals surface area (Å²) in [4.78, 5) is 12.6. The van der Waals surface area contributed by atoms with E-state index in [0.29, 0.717) is 11.3 Å². The molecule has 0 spiro atoms. The predicted octanol–water partition coefficient (Wildman–Crippen LogP) is 4.55. The van der Waals surface area contributed by atoms with Crippen LogP contribution in [0.2, 0.25) is 0 Å².